The Hall–Kier alpha value is -0.610. The highest BCUT2D eigenvalue weighted by atomic mass is 35.5. The van der Waals surface area contributed by atoms with Crippen LogP contribution in [0.3, 0.4) is 0 Å². The molecule has 7 rings (SSSR count). The molecule has 2 N–H and O–H groups in total. The number of nitrogens with one attached hydrogen (secondary N) is 2. The van der Waals surface area contributed by atoms with Crippen LogP contribution in [0.5, 0.6) is 0 Å². The van der Waals surface area contributed by atoms with Crippen molar-refractivity contribution < 1.29 is 4.74 Å². The first-order chi connectivity index (χ1) is 13.6. The zero-order valence-corrected chi connectivity index (χ0v) is 17.5. The average molecular weight is 401 g/mol. The van der Waals surface area contributed by atoms with Gasteiger partial charge in [-0.1, -0.05) is 23.7 Å². The van der Waals surface area contributed by atoms with E-state index in [-0.39, 0.29) is 11.8 Å². The van der Waals surface area contributed by atoms with Crippen molar-refractivity contribution in [1.29, 1.82) is 0 Å². The summed E-state index contributed by atoms with van der Waals surface area (Å²) < 4.78 is 6.54. The van der Waals surface area contributed by atoms with Gasteiger partial charge in [0.2, 0.25) is 0 Å². The summed E-state index contributed by atoms with van der Waals surface area (Å²) in [5.74, 6) is 3.39. The molecule has 3 atom stereocenters. The molecule has 2 heterocycles. The molecule has 0 aromatic heterocycles. The molecule has 4 heteroatoms. The highest BCUT2D eigenvalue weighted by Crippen LogP contribution is 2.63. The van der Waals surface area contributed by atoms with Gasteiger partial charge in [0.15, 0.2) is 0 Å². The summed E-state index contributed by atoms with van der Waals surface area (Å²) in [7, 11) is 0. The lowest BCUT2D eigenvalue weighted by atomic mass is 9.47. The Bertz CT molecular complexity index is 711. The average Bonchev–Trinajstić information content (AvgIpc) is 2.64. The molecule has 3 unspecified atom stereocenters. The van der Waals surface area contributed by atoms with Crippen LogP contribution in [0, 0.1) is 23.2 Å². The fourth-order valence-corrected chi connectivity index (χ4v) is 8.29. The van der Waals surface area contributed by atoms with Crippen LogP contribution in [0.2, 0.25) is 5.02 Å². The van der Waals surface area contributed by atoms with Crippen molar-refractivity contribution in [2.24, 2.45) is 23.2 Å². The molecule has 1 spiro atoms. The third kappa shape index (κ3) is 2.96. The van der Waals surface area contributed by atoms with Gasteiger partial charge in [-0.05, 0) is 92.2 Å². The van der Waals surface area contributed by atoms with Gasteiger partial charge in [0.1, 0.15) is 0 Å². The molecule has 0 amide bonds. The smallest absolute Gasteiger partial charge is 0.0975 e. The van der Waals surface area contributed by atoms with Crippen molar-refractivity contribution in [1.82, 2.24) is 10.6 Å². The molecule has 0 radical (unpaired) electrons. The Morgan fingerprint density at radius 2 is 1.75 bits per heavy atom. The first kappa shape index (κ1) is 18.2. The van der Waals surface area contributed by atoms with Crippen LogP contribution in [0.25, 0.3) is 0 Å². The quantitative estimate of drug-likeness (QED) is 0.767. The van der Waals surface area contributed by atoms with Crippen LogP contribution in [0.4, 0.5) is 0 Å². The Balaban J connectivity index is 1.36. The number of hydrogen-bond acceptors (Lipinski definition) is 3. The van der Waals surface area contributed by atoms with Gasteiger partial charge >= 0.3 is 0 Å². The third-order valence-corrected chi connectivity index (χ3v) is 8.98. The van der Waals surface area contributed by atoms with Crippen molar-refractivity contribution in [2.75, 3.05) is 19.7 Å². The van der Waals surface area contributed by atoms with E-state index in [2.05, 4.69) is 28.8 Å². The summed E-state index contributed by atoms with van der Waals surface area (Å²) in [4.78, 5) is 0. The maximum absolute atomic E-state index is 6.54. The van der Waals surface area contributed by atoms with Gasteiger partial charge in [0.25, 0.3) is 0 Å². The second kappa shape index (κ2) is 6.70. The largest absolute Gasteiger partial charge is 0.373 e. The monoisotopic (exact) mass is 400 g/mol. The van der Waals surface area contributed by atoms with Crippen LogP contribution in [-0.4, -0.2) is 31.5 Å². The molecule has 2 saturated heterocycles. The first-order valence-corrected chi connectivity index (χ1v) is 11.9. The van der Waals surface area contributed by atoms with Gasteiger partial charge in [0.05, 0.1) is 18.4 Å². The van der Waals surface area contributed by atoms with Crippen LogP contribution in [0.1, 0.15) is 62.8 Å². The molecule has 3 nitrogen and oxygen atoms in total. The summed E-state index contributed by atoms with van der Waals surface area (Å²) in [6.07, 6.45) is 11.5. The Morgan fingerprint density at radius 1 is 1.04 bits per heavy atom. The normalized spacial score (nSPS) is 45.2. The lowest BCUT2D eigenvalue weighted by Gasteiger charge is -2.59. The van der Waals surface area contributed by atoms with Crippen LogP contribution in [0.15, 0.2) is 24.3 Å². The fraction of sp³-hybridized carbons (Fsp3) is 0.750. The summed E-state index contributed by atoms with van der Waals surface area (Å²) >= 11 is 6.45. The summed E-state index contributed by atoms with van der Waals surface area (Å²) in [5, 5.41) is 8.35. The van der Waals surface area contributed by atoms with E-state index in [1.807, 2.05) is 6.07 Å². The van der Waals surface area contributed by atoms with Gasteiger partial charge in [0, 0.05) is 24.0 Å². The minimum atomic E-state index is -0.0342. The van der Waals surface area contributed by atoms with Gasteiger partial charge in [-0.25, -0.2) is 0 Å². The lowest BCUT2D eigenvalue weighted by molar-refractivity contribution is -0.124. The molecule has 4 bridgehead atoms. The molecule has 152 valence electrons. The number of halogens is 1. The topological polar surface area (TPSA) is 33.3 Å². The molecule has 6 aliphatic rings. The highest BCUT2D eigenvalue weighted by Gasteiger charge is 2.55. The second-order valence-corrected chi connectivity index (χ2v) is 11.1. The standard InChI is InChI=1S/C24H33ClN2O/c25-20-3-1-2-19(11-20)21(22-24(4-5-26-24)27-6-7-28-22)15-23-12-16-8-17(13-23)10-18(9-16)14-23/h1-3,11,16-18,21-22,26-27H,4-10,12-15H2. The molecule has 4 aliphatic carbocycles. The molecule has 4 saturated carbocycles. The third-order valence-electron chi connectivity index (χ3n) is 8.75. The van der Waals surface area contributed by atoms with Gasteiger partial charge in [-0.2, -0.15) is 0 Å². The lowest BCUT2D eigenvalue weighted by Crippen LogP contribution is -2.76. The molecular formula is C24H33ClN2O. The zero-order valence-electron chi connectivity index (χ0n) is 16.8. The fourth-order valence-electron chi connectivity index (χ4n) is 8.09. The van der Waals surface area contributed by atoms with E-state index in [9.17, 15) is 0 Å². The minimum Gasteiger partial charge on any atom is -0.373 e. The Morgan fingerprint density at radius 3 is 2.36 bits per heavy atom. The van der Waals surface area contributed by atoms with Crippen LogP contribution < -0.4 is 10.6 Å². The van der Waals surface area contributed by atoms with E-state index in [4.69, 9.17) is 16.3 Å². The molecule has 1 aromatic carbocycles. The molecule has 28 heavy (non-hydrogen) atoms. The molecule has 2 aliphatic heterocycles. The SMILES string of the molecule is Clc1cccc(C(CC23CC4CC(CC(C4)C2)C3)C2OCCNC23CCN3)c1. The van der Waals surface area contributed by atoms with Crippen molar-refractivity contribution in [3.05, 3.63) is 34.9 Å². The summed E-state index contributed by atoms with van der Waals surface area (Å²) in [5.41, 5.74) is 1.88. The van der Waals surface area contributed by atoms with E-state index >= 15 is 0 Å². The van der Waals surface area contributed by atoms with E-state index in [1.54, 1.807) is 0 Å². The van der Waals surface area contributed by atoms with E-state index < -0.39 is 0 Å². The first-order valence-electron chi connectivity index (χ1n) is 11.5. The van der Waals surface area contributed by atoms with Gasteiger partial charge < -0.3 is 4.74 Å². The summed E-state index contributed by atoms with van der Waals surface area (Å²) in [6, 6.07) is 8.63. The number of ether oxygens (including phenoxy) is 1. The van der Waals surface area contributed by atoms with E-state index in [0.717, 1.165) is 48.9 Å². The summed E-state index contributed by atoms with van der Waals surface area (Å²) in [6.45, 7) is 2.85. The predicted octanol–water partition coefficient (Wildman–Crippen LogP) is 4.71. The van der Waals surface area contributed by atoms with Crippen LogP contribution in [-0.2, 0) is 4.74 Å². The minimum absolute atomic E-state index is 0.0342. The zero-order chi connectivity index (χ0) is 18.8. The molecule has 1 aromatic rings. The van der Waals surface area contributed by atoms with Crippen LogP contribution >= 0.6 is 11.6 Å². The van der Waals surface area contributed by atoms with Crippen molar-refractivity contribution in [2.45, 2.75) is 69.1 Å². The number of rotatable bonds is 4. The van der Waals surface area contributed by atoms with E-state index in [0.29, 0.717) is 11.3 Å². The highest BCUT2D eigenvalue weighted by molar-refractivity contribution is 6.30. The molecule has 6 fully saturated rings. The maximum Gasteiger partial charge on any atom is 0.0975 e. The molecular weight excluding hydrogens is 368 g/mol. The van der Waals surface area contributed by atoms with Crippen molar-refractivity contribution in [3.8, 4) is 0 Å². The second-order valence-electron chi connectivity index (χ2n) is 10.6. The van der Waals surface area contributed by atoms with Gasteiger partial charge in [-0.3, -0.25) is 10.6 Å². The van der Waals surface area contributed by atoms with Gasteiger partial charge in [-0.15, -0.1) is 0 Å². The predicted molar refractivity (Wildman–Crippen MR) is 113 cm³/mol. The number of hydrogen-bond donors (Lipinski definition) is 2. The Kier molecular flexibility index (Phi) is 4.35. The Labute approximate surface area is 173 Å². The van der Waals surface area contributed by atoms with Crippen molar-refractivity contribution >= 4 is 11.6 Å². The number of benzene rings is 1. The number of morpholine rings is 1. The maximum atomic E-state index is 6.54. The van der Waals surface area contributed by atoms with Crippen molar-refractivity contribution in [3.63, 3.8) is 0 Å². The van der Waals surface area contributed by atoms with E-state index in [1.165, 1.54) is 50.5 Å².